The van der Waals surface area contributed by atoms with Gasteiger partial charge in [-0.05, 0) is 24.0 Å². The van der Waals surface area contributed by atoms with Crippen LogP contribution >= 0.6 is 11.8 Å². The summed E-state index contributed by atoms with van der Waals surface area (Å²) in [5.41, 5.74) is 1.03. The molecule has 0 aromatic heterocycles. The van der Waals surface area contributed by atoms with Crippen molar-refractivity contribution in [3.63, 3.8) is 0 Å². The first-order chi connectivity index (χ1) is 6.22. The summed E-state index contributed by atoms with van der Waals surface area (Å²) in [6.07, 6.45) is 2.51. The molecule has 4 heteroatoms. The van der Waals surface area contributed by atoms with Crippen LogP contribution in [0.1, 0.15) is 5.56 Å². The second-order valence-electron chi connectivity index (χ2n) is 2.66. The predicted molar refractivity (Wildman–Crippen MR) is 53.8 cm³/mol. The Balaban J connectivity index is 2.61. The Kier molecular flexibility index (Phi) is 3.76. The molecule has 0 aliphatic carbocycles. The molecule has 70 valence electrons. The van der Waals surface area contributed by atoms with Gasteiger partial charge in [-0.3, -0.25) is 10.1 Å². The Labute approximate surface area is 81.3 Å². The van der Waals surface area contributed by atoms with Gasteiger partial charge >= 0.3 is 0 Å². The smallest absolute Gasteiger partial charge is 0.207 e. The predicted octanol–water partition coefficient (Wildman–Crippen LogP) is 2.23. The summed E-state index contributed by atoms with van der Waals surface area (Å²) in [6.45, 7) is 0.0117. The Morgan fingerprint density at radius 2 is 2.31 bits per heavy atom. The highest BCUT2D eigenvalue weighted by molar-refractivity contribution is 7.98. The Morgan fingerprint density at radius 1 is 1.54 bits per heavy atom. The van der Waals surface area contributed by atoms with Gasteiger partial charge < -0.3 is 0 Å². The zero-order chi connectivity index (χ0) is 9.68. The molecule has 13 heavy (non-hydrogen) atoms. The molecular formula is C9H11NO2S. The van der Waals surface area contributed by atoms with Crippen LogP contribution in [0.4, 0.5) is 0 Å². The largest absolute Gasteiger partial charge is 0.265 e. The quantitative estimate of drug-likeness (QED) is 0.422. The lowest BCUT2D eigenvalue weighted by molar-refractivity contribution is -0.479. The van der Waals surface area contributed by atoms with Gasteiger partial charge in [-0.25, -0.2) is 0 Å². The molecule has 0 radical (unpaired) electrons. The van der Waals surface area contributed by atoms with Crippen molar-refractivity contribution in [1.82, 2.24) is 0 Å². The summed E-state index contributed by atoms with van der Waals surface area (Å²) < 4.78 is 0. The first-order valence-corrected chi connectivity index (χ1v) is 5.19. The fourth-order valence-corrected chi connectivity index (χ4v) is 1.53. The average Bonchev–Trinajstić information content (AvgIpc) is 2.15. The number of rotatable bonds is 4. The maximum absolute atomic E-state index is 10.1. The van der Waals surface area contributed by atoms with E-state index in [9.17, 15) is 10.1 Å². The lowest BCUT2D eigenvalue weighted by Crippen LogP contribution is -2.03. The highest BCUT2D eigenvalue weighted by Gasteiger charge is 2.00. The molecule has 0 N–H and O–H groups in total. The summed E-state index contributed by atoms with van der Waals surface area (Å²) in [6, 6.07) is 7.85. The van der Waals surface area contributed by atoms with Gasteiger partial charge in [0.25, 0.3) is 0 Å². The van der Waals surface area contributed by atoms with Crippen molar-refractivity contribution in [3.05, 3.63) is 39.9 Å². The van der Waals surface area contributed by atoms with E-state index in [0.29, 0.717) is 6.42 Å². The monoisotopic (exact) mass is 197 g/mol. The van der Waals surface area contributed by atoms with Crippen molar-refractivity contribution >= 4 is 11.8 Å². The molecule has 0 saturated carbocycles. The van der Waals surface area contributed by atoms with E-state index in [1.165, 1.54) is 0 Å². The number of nitro groups is 1. The molecule has 1 rings (SSSR count). The van der Waals surface area contributed by atoms with Crippen molar-refractivity contribution in [2.45, 2.75) is 11.3 Å². The fourth-order valence-electron chi connectivity index (χ4n) is 1.05. The van der Waals surface area contributed by atoms with Gasteiger partial charge in [0.15, 0.2) is 0 Å². The first-order valence-electron chi connectivity index (χ1n) is 3.97. The Hall–Kier alpha value is -1.03. The van der Waals surface area contributed by atoms with Crippen LogP contribution in [-0.2, 0) is 6.42 Å². The third kappa shape index (κ3) is 3.46. The molecular weight excluding hydrogens is 186 g/mol. The summed E-state index contributed by atoms with van der Waals surface area (Å²) in [7, 11) is 0. The average molecular weight is 197 g/mol. The Bertz CT molecular complexity index is 301. The van der Waals surface area contributed by atoms with E-state index in [4.69, 9.17) is 0 Å². The molecule has 0 heterocycles. The van der Waals surface area contributed by atoms with Crippen molar-refractivity contribution < 1.29 is 4.92 Å². The molecule has 1 aromatic rings. The van der Waals surface area contributed by atoms with Gasteiger partial charge in [-0.2, -0.15) is 0 Å². The van der Waals surface area contributed by atoms with Gasteiger partial charge in [0, 0.05) is 16.2 Å². The van der Waals surface area contributed by atoms with E-state index in [1.54, 1.807) is 11.8 Å². The molecule has 0 unspecified atom stereocenters. The Morgan fingerprint density at radius 3 is 2.92 bits per heavy atom. The third-order valence-electron chi connectivity index (χ3n) is 1.72. The molecule has 1 aromatic carbocycles. The SMILES string of the molecule is CSc1cccc(CC[N+](=O)[O-])c1. The summed E-state index contributed by atoms with van der Waals surface area (Å²) >= 11 is 1.65. The first kappa shape index (κ1) is 10.1. The zero-order valence-electron chi connectivity index (χ0n) is 7.40. The number of hydrogen-bond donors (Lipinski definition) is 0. The topological polar surface area (TPSA) is 43.1 Å². The molecule has 0 aliphatic rings. The van der Waals surface area contributed by atoms with Gasteiger partial charge in [0.1, 0.15) is 0 Å². The number of benzene rings is 1. The van der Waals surface area contributed by atoms with E-state index in [1.807, 2.05) is 30.5 Å². The van der Waals surface area contributed by atoms with Gasteiger partial charge in [-0.1, -0.05) is 12.1 Å². The van der Waals surface area contributed by atoms with Gasteiger partial charge in [0.05, 0.1) is 0 Å². The lowest BCUT2D eigenvalue weighted by Gasteiger charge is -1.99. The fraction of sp³-hybridized carbons (Fsp3) is 0.333. The second-order valence-corrected chi connectivity index (χ2v) is 3.54. The van der Waals surface area contributed by atoms with Crippen molar-refractivity contribution in [1.29, 1.82) is 0 Å². The van der Waals surface area contributed by atoms with Gasteiger partial charge in [-0.15, -0.1) is 11.8 Å². The summed E-state index contributed by atoms with van der Waals surface area (Å²) in [5, 5.41) is 10.1. The molecule has 3 nitrogen and oxygen atoms in total. The molecule has 0 aliphatic heterocycles. The van der Waals surface area contributed by atoms with Crippen LogP contribution in [0.15, 0.2) is 29.2 Å². The van der Waals surface area contributed by atoms with Crippen molar-refractivity contribution in [2.75, 3.05) is 12.8 Å². The molecule has 0 spiro atoms. The second kappa shape index (κ2) is 4.87. The summed E-state index contributed by atoms with van der Waals surface area (Å²) in [4.78, 5) is 11.0. The van der Waals surface area contributed by atoms with E-state index in [2.05, 4.69) is 0 Å². The van der Waals surface area contributed by atoms with Crippen LogP contribution in [0.5, 0.6) is 0 Å². The normalized spacial score (nSPS) is 9.92. The van der Waals surface area contributed by atoms with Crippen molar-refractivity contribution in [3.8, 4) is 0 Å². The zero-order valence-corrected chi connectivity index (χ0v) is 8.21. The van der Waals surface area contributed by atoms with Crippen LogP contribution in [0.2, 0.25) is 0 Å². The molecule has 0 atom stereocenters. The minimum atomic E-state index is -0.286. The minimum absolute atomic E-state index is 0.0117. The molecule has 0 amide bonds. The molecule has 0 fully saturated rings. The highest BCUT2D eigenvalue weighted by atomic mass is 32.2. The molecule has 0 bridgehead atoms. The minimum Gasteiger partial charge on any atom is -0.265 e. The van der Waals surface area contributed by atoms with Crippen LogP contribution in [0, 0.1) is 10.1 Å². The van der Waals surface area contributed by atoms with Crippen LogP contribution < -0.4 is 0 Å². The molecule has 0 saturated heterocycles. The van der Waals surface area contributed by atoms with E-state index in [-0.39, 0.29) is 11.5 Å². The van der Waals surface area contributed by atoms with E-state index < -0.39 is 0 Å². The maximum atomic E-state index is 10.1. The number of hydrogen-bond acceptors (Lipinski definition) is 3. The number of thioether (sulfide) groups is 1. The van der Waals surface area contributed by atoms with Crippen LogP contribution in [0.3, 0.4) is 0 Å². The lowest BCUT2D eigenvalue weighted by atomic mass is 10.1. The van der Waals surface area contributed by atoms with Crippen LogP contribution in [0.25, 0.3) is 0 Å². The van der Waals surface area contributed by atoms with Crippen molar-refractivity contribution in [2.24, 2.45) is 0 Å². The third-order valence-corrected chi connectivity index (χ3v) is 2.44. The van der Waals surface area contributed by atoms with E-state index >= 15 is 0 Å². The number of nitrogens with zero attached hydrogens (tertiary/aromatic N) is 1. The highest BCUT2D eigenvalue weighted by Crippen LogP contribution is 2.15. The standard InChI is InChI=1S/C9H11NO2S/c1-13-9-4-2-3-8(7-9)5-6-10(11)12/h2-4,7H,5-6H2,1H3. The van der Waals surface area contributed by atoms with E-state index in [0.717, 1.165) is 10.5 Å². The maximum Gasteiger partial charge on any atom is 0.207 e. The summed E-state index contributed by atoms with van der Waals surface area (Å²) in [5.74, 6) is 0. The van der Waals surface area contributed by atoms with Crippen LogP contribution in [-0.4, -0.2) is 17.7 Å². The van der Waals surface area contributed by atoms with Gasteiger partial charge in [0.2, 0.25) is 6.54 Å².